The van der Waals surface area contributed by atoms with Crippen LogP contribution in [0, 0.1) is 0 Å². The highest BCUT2D eigenvalue weighted by Gasteiger charge is 2.06. The zero-order chi connectivity index (χ0) is 11.5. The van der Waals surface area contributed by atoms with E-state index in [1.54, 1.807) is 11.0 Å². The fourth-order valence-corrected chi connectivity index (χ4v) is 1.81. The molecule has 0 spiro atoms. The number of aromatic nitrogens is 3. The molecule has 1 aromatic carbocycles. The Bertz CT molecular complexity index is 478. The third-order valence-electron chi connectivity index (χ3n) is 2.25. The minimum Gasteiger partial charge on any atom is -0.321 e. The molecule has 5 heteroatoms. The Morgan fingerprint density at radius 2 is 2.19 bits per heavy atom. The normalized spacial score (nSPS) is 12.7. The summed E-state index contributed by atoms with van der Waals surface area (Å²) in [7, 11) is 0. The van der Waals surface area contributed by atoms with E-state index < -0.39 is 0 Å². The summed E-state index contributed by atoms with van der Waals surface area (Å²) in [6.07, 6.45) is 1.71. The lowest BCUT2D eigenvalue weighted by Crippen LogP contribution is -2.08. The van der Waals surface area contributed by atoms with Gasteiger partial charge in [0.15, 0.2) is 5.82 Å². The molecule has 2 N–H and O–H groups in total. The molecule has 0 saturated heterocycles. The predicted octanol–water partition coefficient (Wildman–Crippen LogP) is 2.11. The molecule has 1 unspecified atom stereocenters. The Morgan fingerprint density at radius 1 is 1.44 bits per heavy atom. The van der Waals surface area contributed by atoms with Crippen LogP contribution in [-0.4, -0.2) is 14.8 Å². The first-order valence-corrected chi connectivity index (χ1v) is 5.84. The maximum atomic E-state index is 5.70. The molecule has 2 aromatic rings. The van der Waals surface area contributed by atoms with Gasteiger partial charge >= 0.3 is 0 Å². The Labute approximate surface area is 103 Å². The van der Waals surface area contributed by atoms with Crippen LogP contribution in [0.3, 0.4) is 0 Å². The van der Waals surface area contributed by atoms with Gasteiger partial charge in [0.1, 0.15) is 6.33 Å². The van der Waals surface area contributed by atoms with Crippen molar-refractivity contribution >= 4 is 15.9 Å². The van der Waals surface area contributed by atoms with Crippen LogP contribution in [0.5, 0.6) is 0 Å². The first-order valence-electron chi connectivity index (χ1n) is 5.05. The van der Waals surface area contributed by atoms with Gasteiger partial charge in [-0.05, 0) is 18.6 Å². The third kappa shape index (κ3) is 2.48. The molecule has 0 aliphatic heterocycles. The summed E-state index contributed by atoms with van der Waals surface area (Å²) >= 11 is 3.50. The van der Waals surface area contributed by atoms with Crippen LogP contribution in [0.4, 0.5) is 0 Å². The lowest BCUT2D eigenvalue weighted by Gasteiger charge is -2.03. The van der Waals surface area contributed by atoms with Crippen molar-refractivity contribution in [1.82, 2.24) is 14.8 Å². The number of hydrogen-bond acceptors (Lipinski definition) is 3. The lowest BCUT2D eigenvalue weighted by atomic mass is 10.2. The molecule has 0 amide bonds. The quantitative estimate of drug-likeness (QED) is 0.937. The topological polar surface area (TPSA) is 56.7 Å². The largest absolute Gasteiger partial charge is 0.321 e. The first-order chi connectivity index (χ1) is 7.66. The van der Waals surface area contributed by atoms with Crippen LogP contribution in [0.2, 0.25) is 0 Å². The van der Waals surface area contributed by atoms with Crippen molar-refractivity contribution in [3.63, 3.8) is 0 Å². The van der Waals surface area contributed by atoms with Crippen molar-refractivity contribution in [1.29, 1.82) is 0 Å². The van der Waals surface area contributed by atoms with Gasteiger partial charge in [0.05, 0.1) is 12.6 Å². The zero-order valence-electron chi connectivity index (χ0n) is 8.97. The number of halogens is 1. The van der Waals surface area contributed by atoms with Gasteiger partial charge in [0, 0.05) is 4.47 Å². The van der Waals surface area contributed by atoms with Crippen LogP contribution in [-0.2, 0) is 6.54 Å². The van der Waals surface area contributed by atoms with E-state index >= 15 is 0 Å². The fourth-order valence-electron chi connectivity index (χ4n) is 1.40. The van der Waals surface area contributed by atoms with Crippen LogP contribution in [0.15, 0.2) is 35.1 Å². The third-order valence-corrected chi connectivity index (χ3v) is 3.03. The van der Waals surface area contributed by atoms with Crippen molar-refractivity contribution in [3.05, 3.63) is 46.5 Å². The van der Waals surface area contributed by atoms with Gasteiger partial charge in [-0.1, -0.05) is 34.1 Å². The molecule has 4 nitrogen and oxygen atoms in total. The second-order valence-corrected chi connectivity index (χ2v) is 4.53. The molecule has 0 fully saturated rings. The molecule has 0 radical (unpaired) electrons. The van der Waals surface area contributed by atoms with Crippen LogP contribution in [0.25, 0.3) is 0 Å². The molecule has 84 valence electrons. The first kappa shape index (κ1) is 11.3. The molecule has 0 bridgehead atoms. The minimum atomic E-state index is -0.125. The second-order valence-electron chi connectivity index (χ2n) is 3.68. The molecule has 0 aliphatic rings. The second kappa shape index (κ2) is 4.76. The fraction of sp³-hybridized carbons (Fsp3) is 0.273. The molecule has 2 rings (SSSR count). The van der Waals surface area contributed by atoms with Gasteiger partial charge in [-0.3, -0.25) is 0 Å². The van der Waals surface area contributed by atoms with Gasteiger partial charge in [0.2, 0.25) is 0 Å². The molecule has 0 aliphatic carbocycles. The van der Waals surface area contributed by atoms with Crippen LogP contribution < -0.4 is 5.73 Å². The SMILES string of the molecule is CC(N)c1ncn(Cc2ccccc2Br)n1. The molecular formula is C11H13BrN4. The van der Waals surface area contributed by atoms with E-state index in [0.717, 1.165) is 4.47 Å². The molecule has 1 aromatic heterocycles. The Hall–Kier alpha value is -1.20. The molecule has 1 heterocycles. The summed E-state index contributed by atoms with van der Waals surface area (Å²) in [5.41, 5.74) is 6.87. The predicted molar refractivity (Wildman–Crippen MR) is 65.9 cm³/mol. The van der Waals surface area contributed by atoms with E-state index in [2.05, 4.69) is 32.1 Å². The summed E-state index contributed by atoms with van der Waals surface area (Å²) < 4.78 is 2.87. The van der Waals surface area contributed by atoms with Gasteiger partial charge in [-0.25, -0.2) is 9.67 Å². The lowest BCUT2D eigenvalue weighted by molar-refractivity contribution is 0.648. The van der Waals surface area contributed by atoms with Gasteiger partial charge in [-0.2, -0.15) is 5.10 Å². The van der Waals surface area contributed by atoms with E-state index in [4.69, 9.17) is 5.73 Å². The smallest absolute Gasteiger partial charge is 0.166 e. The molecular weight excluding hydrogens is 268 g/mol. The van der Waals surface area contributed by atoms with Crippen molar-refractivity contribution in [2.45, 2.75) is 19.5 Å². The van der Waals surface area contributed by atoms with E-state index in [9.17, 15) is 0 Å². The summed E-state index contributed by atoms with van der Waals surface area (Å²) in [6, 6.07) is 7.93. The van der Waals surface area contributed by atoms with Gasteiger partial charge in [0.25, 0.3) is 0 Å². The highest BCUT2D eigenvalue weighted by molar-refractivity contribution is 9.10. The number of hydrogen-bond donors (Lipinski definition) is 1. The van der Waals surface area contributed by atoms with Crippen molar-refractivity contribution in [2.24, 2.45) is 5.73 Å². The van der Waals surface area contributed by atoms with E-state index in [-0.39, 0.29) is 6.04 Å². The van der Waals surface area contributed by atoms with Crippen LogP contribution in [0.1, 0.15) is 24.4 Å². The Balaban J connectivity index is 2.18. The number of nitrogens with two attached hydrogens (primary N) is 1. The van der Waals surface area contributed by atoms with Crippen molar-refractivity contribution in [2.75, 3.05) is 0 Å². The summed E-state index contributed by atoms with van der Waals surface area (Å²) in [6.45, 7) is 2.57. The Morgan fingerprint density at radius 3 is 2.81 bits per heavy atom. The molecule has 16 heavy (non-hydrogen) atoms. The highest BCUT2D eigenvalue weighted by atomic mass is 79.9. The highest BCUT2D eigenvalue weighted by Crippen LogP contribution is 2.16. The van der Waals surface area contributed by atoms with Gasteiger partial charge in [-0.15, -0.1) is 0 Å². The van der Waals surface area contributed by atoms with Gasteiger partial charge < -0.3 is 5.73 Å². The van der Waals surface area contributed by atoms with Crippen LogP contribution >= 0.6 is 15.9 Å². The average molecular weight is 281 g/mol. The summed E-state index contributed by atoms with van der Waals surface area (Å²) in [5.74, 6) is 0.673. The molecule has 1 atom stereocenters. The number of nitrogens with zero attached hydrogens (tertiary/aromatic N) is 3. The van der Waals surface area contributed by atoms with E-state index in [0.29, 0.717) is 12.4 Å². The monoisotopic (exact) mass is 280 g/mol. The summed E-state index contributed by atoms with van der Waals surface area (Å²) in [5, 5.41) is 4.31. The maximum Gasteiger partial charge on any atom is 0.166 e. The van der Waals surface area contributed by atoms with E-state index in [1.807, 2.05) is 25.1 Å². The zero-order valence-corrected chi connectivity index (χ0v) is 10.6. The average Bonchev–Trinajstić information content (AvgIpc) is 2.70. The summed E-state index contributed by atoms with van der Waals surface area (Å²) in [4.78, 5) is 4.15. The van der Waals surface area contributed by atoms with Crippen molar-refractivity contribution < 1.29 is 0 Å². The van der Waals surface area contributed by atoms with Crippen molar-refractivity contribution in [3.8, 4) is 0 Å². The molecule has 0 saturated carbocycles. The standard InChI is InChI=1S/C11H13BrN4/c1-8(13)11-14-7-16(15-11)6-9-4-2-3-5-10(9)12/h2-5,7-8H,6,13H2,1H3. The minimum absolute atomic E-state index is 0.125. The Kier molecular flexibility index (Phi) is 3.36. The maximum absolute atomic E-state index is 5.70. The number of benzene rings is 1. The van der Waals surface area contributed by atoms with E-state index in [1.165, 1.54) is 5.56 Å². The number of rotatable bonds is 3.